The van der Waals surface area contributed by atoms with Crippen LogP contribution in [0.15, 0.2) is 55.0 Å². The zero-order valence-electron chi connectivity index (χ0n) is 21.5. The molecule has 0 spiro atoms. The van der Waals surface area contributed by atoms with E-state index in [4.69, 9.17) is 14.6 Å². The number of carbonyl (C=O) groups excluding carboxylic acids is 1. The van der Waals surface area contributed by atoms with Gasteiger partial charge in [-0.1, -0.05) is 0 Å². The Bertz CT molecular complexity index is 1320. The van der Waals surface area contributed by atoms with Crippen LogP contribution in [0.25, 0.3) is 11.3 Å². The molecule has 2 saturated heterocycles. The van der Waals surface area contributed by atoms with Crippen LogP contribution < -0.4 is 9.64 Å². The van der Waals surface area contributed by atoms with E-state index in [1.165, 1.54) is 4.90 Å². The van der Waals surface area contributed by atoms with Crippen LogP contribution >= 0.6 is 0 Å². The highest BCUT2D eigenvalue weighted by Gasteiger charge is 2.33. The number of amides is 2. The molecular weight excluding hydrogens is 500 g/mol. The Balaban J connectivity index is 1.06. The maximum absolute atomic E-state index is 13.1. The van der Waals surface area contributed by atoms with E-state index < -0.39 is 6.09 Å². The number of likely N-dealkylation sites (tertiary alicyclic amines) is 1. The molecule has 2 aromatic heterocycles. The van der Waals surface area contributed by atoms with Gasteiger partial charge in [0.1, 0.15) is 5.75 Å². The summed E-state index contributed by atoms with van der Waals surface area (Å²) in [6.45, 7) is 3.98. The first-order chi connectivity index (χ1) is 19.0. The van der Waals surface area contributed by atoms with E-state index in [1.807, 2.05) is 35.2 Å². The number of pyridine rings is 1. The summed E-state index contributed by atoms with van der Waals surface area (Å²) in [5.74, 6) is 1.60. The summed E-state index contributed by atoms with van der Waals surface area (Å²) < 4.78 is 12.2. The van der Waals surface area contributed by atoms with E-state index in [0.29, 0.717) is 57.4 Å². The van der Waals surface area contributed by atoms with Crippen LogP contribution in [0.3, 0.4) is 0 Å². The molecule has 1 atom stereocenters. The van der Waals surface area contributed by atoms with Crippen molar-refractivity contribution in [2.75, 3.05) is 44.2 Å². The number of benzene rings is 1. The summed E-state index contributed by atoms with van der Waals surface area (Å²) >= 11 is 0. The van der Waals surface area contributed by atoms with Gasteiger partial charge in [0.25, 0.3) is 5.91 Å². The van der Waals surface area contributed by atoms with Gasteiger partial charge in [-0.3, -0.25) is 9.78 Å². The van der Waals surface area contributed by atoms with E-state index in [0.717, 1.165) is 35.4 Å². The highest BCUT2D eigenvalue weighted by molar-refractivity contribution is 5.94. The minimum Gasteiger partial charge on any atom is -0.465 e. The van der Waals surface area contributed by atoms with Crippen molar-refractivity contribution in [2.24, 2.45) is 5.92 Å². The number of piperidine rings is 1. The number of fused-ring (bicyclic) bond motifs is 1. The molecule has 11 nitrogen and oxygen atoms in total. The highest BCUT2D eigenvalue weighted by Crippen LogP contribution is 2.34. The van der Waals surface area contributed by atoms with E-state index in [9.17, 15) is 9.59 Å². The molecule has 11 heteroatoms. The zero-order chi connectivity index (χ0) is 26.8. The fourth-order valence-electron chi connectivity index (χ4n) is 5.33. The van der Waals surface area contributed by atoms with Gasteiger partial charge >= 0.3 is 6.09 Å². The average molecular weight is 531 g/mol. The van der Waals surface area contributed by atoms with E-state index in [1.54, 1.807) is 24.7 Å². The molecule has 0 bridgehead atoms. The molecule has 5 heterocycles. The van der Waals surface area contributed by atoms with Crippen molar-refractivity contribution in [2.45, 2.75) is 25.7 Å². The molecule has 0 saturated carbocycles. The van der Waals surface area contributed by atoms with Crippen LogP contribution in [0, 0.1) is 5.92 Å². The van der Waals surface area contributed by atoms with Crippen LogP contribution in [0.2, 0.25) is 0 Å². The fourth-order valence-corrected chi connectivity index (χ4v) is 5.33. The minimum absolute atomic E-state index is 0.0323. The number of ether oxygens (including phenoxy) is 2. The predicted molar refractivity (Wildman–Crippen MR) is 141 cm³/mol. The summed E-state index contributed by atoms with van der Waals surface area (Å²) in [4.78, 5) is 42.8. The predicted octanol–water partition coefficient (Wildman–Crippen LogP) is 3.13. The SMILES string of the molecule is O=C(O)N1CCC(C2OCc3cc(-c4ccc(C(=O)N5CCN(c6ncccn6)CC5)cn4)ccc3O2)CC1. The van der Waals surface area contributed by atoms with Gasteiger partial charge in [0.2, 0.25) is 12.2 Å². The number of hydrogen-bond donors (Lipinski definition) is 1. The third-order valence-electron chi connectivity index (χ3n) is 7.61. The number of aromatic nitrogens is 3. The maximum atomic E-state index is 13.1. The Morgan fingerprint density at radius 1 is 0.897 bits per heavy atom. The first-order valence-electron chi connectivity index (χ1n) is 13.2. The summed E-state index contributed by atoms with van der Waals surface area (Å²) in [5.41, 5.74) is 3.19. The van der Waals surface area contributed by atoms with Gasteiger partial charge in [-0.2, -0.15) is 0 Å². The number of piperazine rings is 1. The molecule has 1 aromatic carbocycles. The smallest absolute Gasteiger partial charge is 0.407 e. The normalized spacial score (nSPS) is 19.8. The van der Waals surface area contributed by atoms with Gasteiger partial charge in [0.15, 0.2) is 0 Å². The molecule has 202 valence electrons. The van der Waals surface area contributed by atoms with Crippen molar-refractivity contribution in [3.8, 4) is 17.0 Å². The molecule has 2 amide bonds. The topological polar surface area (TPSA) is 121 Å². The van der Waals surface area contributed by atoms with Gasteiger partial charge in [-0.05, 0) is 49.2 Å². The molecule has 2 fully saturated rings. The van der Waals surface area contributed by atoms with Crippen LogP contribution in [-0.4, -0.2) is 87.4 Å². The van der Waals surface area contributed by atoms with Crippen LogP contribution in [-0.2, 0) is 11.3 Å². The van der Waals surface area contributed by atoms with Gasteiger partial charge in [-0.15, -0.1) is 0 Å². The zero-order valence-corrected chi connectivity index (χ0v) is 21.5. The molecule has 1 unspecified atom stereocenters. The molecule has 0 radical (unpaired) electrons. The number of hydrogen-bond acceptors (Lipinski definition) is 8. The van der Waals surface area contributed by atoms with Crippen molar-refractivity contribution in [3.05, 3.63) is 66.1 Å². The van der Waals surface area contributed by atoms with Crippen LogP contribution in [0.4, 0.5) is 10.7 Å². The third-order valence-corrected chi connectivity index (χ3v) is 7.61. The van der Waals surface area contributed by atoms with Crippen LogP contribution in [0.5, 0.6) is 5.75 Å². The van der Waals surface area contributed by atoms with Crippen molar-refractivity contribution >= 4 is 17.9 Å². The first-order valence-corrected chi connectivity index (χ1v) is 13.2. The second-order valence-corrected chi connectivity index (χ2v) is 9.99. The summed E-state index contributed by atoms with van der Waals surface area (Å²) in [6.07, 6.45) is 5.28. The van der Waals surface area contributed by atoms with E-state index >= 15 is 0 Å². The van der Waals surface area contributed by atoms with E-state index in [2.05, 4.69) is 19.9 Å². The maximum Gasteiger partial charge on any atom is 0.407 e. The van der Waals surface area contributed by atoms with Crippen molar-refractivity contribution in [3.63, 3.8) is 0 Å². The van der Waals surface area contributed by atoms with Crippen LogP contribution in [0.1, 0.15) is 28.8 Å². The Morgan fingerprint density at radius 2 is 1.67 bits per heavy atom. The number of rotatable bonds is 4. The summed E-state index contributed by atoms with van der Waals surface area (Å²) in [5, 5.41) is 9.17. The molecule has 3 aliphatic heterocycles. The lowest BCUT2D eigenvalue weighted by Crippen LogP contribution is -2.49. The number of carboxylic acid groups (broad SMARTS) is 1. The Labute approximate surface area is 226 Å². The third kappa shape index (κ3) is 5.35. The lowest BCUT2D eigenvalue weighted by atomic mass is 9.95. The van der Waals surface area contributed by atoms with Gasteiger partial charge in [-0.25, -0.2) is 14.8 Å². The molecule has 1 N–H and O–H groups in total. The average Bonchev–Trinajstić information content (AvgIpc) is 3.01. The molecular formula is C28H30N6O5. The lowest BCUT2D eigenvalue weighted by molar-refractivity contribution is -0.148. The molecule has 0 aliphatic carbocycles. The summed E-state index contributed by atoms with van der Waals surface area (Å²) in [7, 11) is 0. The lowest BCUT2D eigenvalue weighted by Gasteiger charge is -2.36. The standard InChI is InChI=1S/C28H30N6O5/c35-25(32-12-14-33(15-13-32)27-29-8-1-9-30-27)21-2-4-23(31-17-21)20-3-5-24-22(16-20)18-38-26(39-24)19-6-10-34(11-7-19)28(36)37/h1-5,8-9,16-17,19,26H,6-7,10-15,18H2,(H,36,37). The van der Waals surface area contributed by atoms with Gasteiger partial charge < -0.3 is 29.3 Å². The molecule has 3 aromatic rings. The Morgan fingerprint density at radius 3 is 2.36 bits per heavy atom. The van der Waals surface area contributed by atoms with Gasteiger partial charge in [0.05, 0.1) is 17.9 Å². The molecule has 6 rings (SSSR count). The fraction of sp³-hybridized carbons (Fsp3) is 0.393. The van der Waals surface area contributed by atoms with Crippen molar-refractivity contribution < 1.29 is 24.2 Å². The number of nitrogens with zero attached hydrogens (tertiary/aromatic N) is 6. The first kappa shape index (κ1) is 25.1. The second-order valence-electron chi connectivity index (χ2n) is 9.99. The number of carbonyl (C=O) groups is 2. The second kappa shape index (κ2) is 10.9. The Hall–Kier alpha value is -4.25. The largest absolute Gasteiger partial charge is 0.465 e. The molecule has 3 aliphatic rings. The Kier molecular flexibility index (Phi) is 6.97. The monoisotopic (exact) mass is 530 g/mol. The van der Waals surface area contributed by atoms with Crippen molar-refractivity contribution in [1.29, 1.82) is 0 Å². The minimum atomic E-state index is -0.875. The summed E-state index contributed by atoms with van der Waals surface area (Å²) in [6, 6.07) is 11.4. The van der Waals surface area contributed by atoms with Gasteiger partial charge in [0, 0.05) is 74.9 Å². The molecule has 39 heavy (non-hydrogen) atoms. The van der Waals surface area contributed by atoms with E-state index in [-0.39, 0.29) is 18.1 Å². The quantitative estimate of drug-likeness (QED) is 0.542. The highest BCUT2D eigenvalue weighted by atomic mass is 16.7. The van der Waals surface area contributed by atoms with Crippen molar-refractivity contribution in [1.82, 2.24) is 24.8 Å². The number of anilines is 1.